The van der Waals surface area contributed by atoms with E-state index in [0.29, 0.717) is 5.92 Å². The summed E-state index contributed by atoms with van der Waals surface area (Å²) in [5, 5.41) is 3.36. The van der Waals surface area contributed by atoms with E-state index in [-0.39, 0.29) is 11.6 Å². The zero-order valence-electron chi connectivity index (χ0n) is 12.0. The van der Waals surface area contributed by atoms with Crippen molar-refractivity contribution in [2.75, 3.05) is 25.5 Å². The van der Waals surface area contributed by atoms with Crippen LogP contribution in [0.4, 0.5) is 10.1 Å². The molecular weight excluding hydrogens is 257 g/mol. The highest BCUT2D eigenvalue weighted by Crippen LogP contribution is 2.23. The second-order valence-electron chi connectivity index (χ2n) is 5.63. The first-order valence-corrected chi connectivity index (χ1v) is 7.02. The SMILES string of the molecule is CC(Nc1ccc(F)c(C(N)=O)c1)C1CCN(C)CC1. The van der Waals surface area contributed by atoms with Gasteiger partial charge in [-0.25, -0.2) is 4.39 Å². The Labute approximate surface area is 119 Å². The maximum atomic E-state index is 13.4. The van der Waals surface area contributed by atoms with Gasteiger partial charge < -0.3 is 16.0 Å². The number of primary amides is 1. The molecule has 0 aliphatic carbocycles. The van der Waals surface area contributed by atoms with E-state index >= 15 is 0 Å². The number of amides is 1. The lowest BCUT2D eigenvalue weighted by Crippen LogP contribution is -2.37. The maximum absolute atomic E-state index is 13.4. The van der Waals surface area contributed by atoms with Crippen LogP contribution < -0.4 is 11.1 Å². The van der Waals surface area contributed by atoms with E-state index < -0.39 is 11.7 Å². The highest BCUT2D eigenvalue weighted by atomic mass is 19.1. The Bertz CT molecular complexity index is 484. The van der Waals surface area contributed by atoms with Gasteiger partial charge in [-0.05, 0) is 64.0 Å². The molecule has 1 aliphatic rings. The number of nitrogens with one attached hydrogen (secondary N) is 1. The van der Waals surface area contributed by atoms with E-state index in [4.69, 9.17) is 5.73 Å². The first-order valence-electron chi connectivity index (χ1n) is 7.02. The van der Waals surface area contributed by atoms with Crippen LogP contribution in [0.15, 0.2) is 18.2 Å². The van der Waals surface area contributed by atoms with Gasteiger partial charge in [0.1, 0.15) is 5.82 Å². The third-order valence-corrected chi connectivity index (χ3v) is 4.10. The predicted octanol–water partition coefficient (Wildman–Crippen LogP) is 2.07. The van der Waals surface area contributed by atoms with Gasteiger partial charge in [-0.2, -0.15) is 0 Å². The summed E-state index contributed by atoms with van der Waals surface area (Å²) in [6.07, 6.45) is 2.29. The molecule has 0 bridgehead atoms. The van der Waals surface area contributed by atoms with Gasteiger partial charge in [-0.15, -0.1) is 0 Å². The number of likely N-dealkylation sites (tertiary alicyclic amines) is 1. The molecule has 4 nitrogen and oxygen atoms in total. The summed E-state index contributed by atoms with van der Waals surface area (Å²) < 4.78 is 13.4. The molecule has 0 spiro atoms. The molecule has 1 aromatic carbocycles. The van der Waals surface area contributed by atoms with Crippen molar-refractivity contribution >= 4 is 11.6 Å². The molecule has 110 valence electrons. The van der Waals surface area contributed by atoms with Gasteiger partial charge in [0.15, 0.2) is 0 Å². The molecule has 1 aromatic rings. The average molecular weight is 279 g/mol. The van der Waals surface area contributed by atoms with Crippen LogP contribution in [0.2, 0.25) is 0 Å². The Morgan fingerprint density at radius 2 is 2.10 bits per heavy atom. The van der Waals surface area contributed by atoms with Crippen molar-refractivity contribution in [2.24, 2.45) is 11.7 Å². The number of nitrogens with two attached hydrogens (primary N) is 1. The lowest BCUT2D eigenvalue weighted by Gasteiger charge is -2.33. The van der Waals surface area contributed by atoms with Gasteiger partial charge >= 0.3 is 0 Å². The van der Waals surface area contributed by atoms with Gasteiger partial charge in [-0.1, -0.05) is 0 Å². The number of rotatable bonds is 4. The smallest absolute Gasteiger partial charge is 0.251 e. The van der Waals surface area contributed by atoms with E-state index in [2.05, 4.69) is 24.2 Å². The summed E-state index contributed by atoms with van der Waals surface area (Å²) in [5.41, 5.74) is 5.84. The third kappa shape index (κ3) is 3.48. The molecule has 1 unspecified atom stereocenters. The predicted molar refractivity (Wildman–Crippen MR) is 78.2 cm³/mol. The highest BCUT2D eigenvalue weighted by Gasteiger charge is 2.22. The molecular formula is C15H22FN3O. The van der Waals surface area contributed by atoms with E-state index in [1.54, 1.807) is 6.07 Å². The van der Waals surface area contributed by atoms with Crippen LogP contribution >= 0.6 is 0 Å². The molecule has 1 aliphatic heterocycles. The minimum atomic E-state index is -0.738. The number of carbonyl (C=O) groups excluding carboxylic acids is 1. The number of anilines is 1. The second kappa shape index (κ2) is 6.22. The Morgan fingerprint density at radius 1 is 1.45 bits per heavy atom. The number of benzene rings is 1. The summed E-state index contributed by atoms with van der Waals surface area (Å²) in [6.45, 7) is 4.34. The van der Waals surface area contributed by atoms with Crippen molar-refractivity contribution in [1.82, 2.24) is 4.90 Å². The van der Waals surface area contributed by atoms with E-state index in [1.807, 2.05) is 0 Å². The number of hydrogen-bond acceptors (Lipinski definition) is 3. The quantitative estimate of drug-likeness (QED) is 0.887. The third-order valence-electron chi connectivity index (χ3n) is 4.10. The number of piperidine rings is 1. The second-order valence-corrected chi connectivity index (χ2v) is 5.63. The fourth-order valence-corrected chi connectivity index (χ4v) is 2.71. The lowest BCUT2D eigenvalue weighted by molar-refractivity contribution is 0.0996. The molecule has 1 heterocycles. The van der Waals surface area contributed by atoms with E-state index in [0.717, 1.165) is 31.6 Å². The molecule has 3 N–H and O–H groups in total. The fraction of sp³-hybridized carbons (Fsp3) is 0.533. The van der Waals surface area contributed by atoms with Crippen molar-refractivity contribution < 1.29 is 9.18 Å². The molecule has 0 radical (unpaired) electrons. The van der Waals surface area contributed by atoms with Crippen molar-refractivity contribution in [1.29, 1.82) is 0 Å². The van der Waals surface area contributed by atoms with Crippen LogP contribution in [0.1, 0.15) is 30.1 Å². The molecule has 5 heteroatoms. The van der Waals surface area contributed by atoms with Gasteiger partial charge in [-0.3, -0.25) is 4.79 Å². The molecule has 1 atom stereocenters. The summed E-state index contributed by atoms with van der Waals surface area (Å²) in [7, 11) is 2.13. The first-order chi connectivity index (χ1) is 9.47. The van der Waals surface area contributed by atoms with Crippen molar-refractivity contribution in [3.05, 3.63) is 29.6 Å². The number of carbonyl (C=O) groups is 1. The number of nitrogens with zero attached hydrogens (tertiary/aromatic N) is 1. The molecule has 1 amide bonds. The molecule has 2 rings (SSSR count). The summed E-state index contributed by atoms with van der Waals surface area (Å²) >= 11 is 0. The Morgan fingerprint density at radius 3 is 2.70 bits per heavy atom. The zero-order valence-corrected chi connectivity index (χ0v) is 12.0. The van der Waals surface area contributed by atoms with Crippen LogP contribution in [0, 0.1) is 11.7 Å². The number of hydrogen-bond donors (Lipinski definition) is 2. The minimum absolute atomic E-state index is 0.0643. The standard InChI is InChI=1S/C15H22FN3O/c1-10(11-5-7-19(2)8-6-11)18-12-3-4-14(16)13(9-12)15(17)20/h3-4,9-11,18H,5-8H2,1-2H3,(H2,17,20). The van der Waals surface area contributed by atoms with E-state index in [9.17, 15) is 9.18 Å². The van der Waals surface area contributed by atoms with Gasteiger partial charge in [0, 0.05) is 11.7 Å². The van der Waals surface area contributed by atoms with Gasteiger partial charge in [0.25, 0.3) is 5.91 Å². The minimum Gasteiger partial charge on any atom is -0.382 e. The van der Waals surface area contributed by atoms with Crippen molar-refractivity contribution in [3.8, 4) is 0 Å². The molecule has 0 aromatic heterocycles. The van der Waals surface area contributed by atoms with Crippen molar-refractivity contribution in [2.45, 2.75) is 25.8 Å². The molecule has 20 heavy (non-hydrogen) atoms. The molecule has 0 saturated carbocycles. The van der Waals surface area contributed by atoms with Gasteiger partial charge in [0.2, 0.25) is 0 Å². The number of halogens is 1. The summed E-state index contributed by atoms with van der Waals surface area (Å²) in [5.74, 6) is -0.721. The summed E-state index contributed by atoms with van der Waals surface area (Å²) in [4.78, 5) is 13.5. The lowest BCUT2D eigenvalue weighted by atomic mass is 9.90. The van der Waals surface area contributed by atoms with Gasteiger partial charge in [0.05, 0.1) is 5.56 Å². The molecule has 1 fully saturated rings. The van der Waals surface area contributed by atoms with Crippen LogP contribution in [-0.4, -0.2) is 37.0 Å². The largest absolute Gasteiger partial charge is 0.382 e. The Hall–Kier alpha value is -1.62. The van der Waals surface area contributed by atoms with Crippen LogP contribution in [0.5, 0.6) is 0 Å². The maximum Gasteiger partial charge on any atom is 0.251 e. The summed E-state index contributed by atoms with van der Waals surface area (Å²) in [6, 6.07) is 4.70. The Balaban J connectivity index is 2.02. The Kier molecular flexibility index (Phi) is 4.60. The first kappa shape index (κ1) is 14.8. The topological polar surface area (TPSA) is 58.4 Å². The highest BCUT2D eigenvalue weighted by molar-refractivity contribution is 5.94. The zero-order chi connectivity index (χ0) is 14.7. The monoisotopic (exact) mass is 279 g/mol. The van der Waals surface area contributed by atoms with Crippen molar-refractivity contribution in [3.63, 3.8) is 0 Å². The normalized spacial score (nSPS) is 18.8. The average Bonchev–Trinajstić information content (AvgIpc) is 2.41. The van der Waals surface area contributed by atoms with Crippen LogP contribution in [-0.2, 0) is 0 Å². The molecule has 1 saturated heterocycles. The fourth-order valence-electron chi connectivity index (χ4n) is 2.71. The van der Waals surface area contributed by atoms with Crippen LogP contribution in [0.25, 0.3) is 0 Å². The van der Waals surface area contributed by atoms with Crippen LogP contribution in [0.3, 0.4) is 0 Å². The van der Waals surface area contributed by atoms with E-state index in [1.165, 1.54) is 12.1 Å².